The zero-order valence-corrected chi connectivity index (χ0v) is 7.66. The molecule has 0 radical (unpaired) electrons. The van der Waals surface area contributed by atoms with Gasteiger partial charge in [0.25, 0.3) is 0 Å². The summed E-state index contributed by atoms with van der Waals surface area (Å²) >= 11 is 0. The van der Waals surface area contributed by atoms with E-state index in [1.165, 1.54) is 0 Å². The van der Waals surface area contributed by atoms with Crippen molar-refractivity contribution in [2.75, 3.05) is 20.0 Å². The summed E-state index contributed by atoms with van der Waals surface area (Å²) in [5.41, 5.74) is 0. The highest BCUT2D eigenvalue weighted by Crippen LogP contribution is 2.03. The Morgan fingerprint density at radius 2 is 2.25 bits per heavy atom. The van der Waals surface area contributed by atoms with Gasteiger partial charge in [0.05, 0.1) is 25.4 Å². The largest absolute Gasteiger partial charge is 0.369 e. The van der Waals surface area contributed by atoms with Gasteiger partial charge in [-0.05, 0) is 13.8 Å². The monoisotopic (exact) mass is 172 g/mol. The van der Waals surface area contributed by atoms with Gasteiger partial charge in [-0.1, -0.05) is 12.2 Å². The van der Waals surface area contributed by atoms with Crippen molar-refractivity contribution in [3.63, 3.8) is 0 Å². The second kappa shape index (κ2) is 5.30. The van der Waals surface area contributed by atoms with E-state index in [0.717, 1.165) is 0 Å². The van der Waals surface area contributed by atoms with Gasteiger partial charge >= 0.3 is 0 Å². The van der Waals surface area contributed by atoms with E-state index in [0.29, 0.717) is 20.0 Å². The average Bonchev–Trinajstić information content (AvgIpc) is 1.93. The Bertz CT molecular complexity index is 143. The van der Waals surface area contributed by atoms with Crippen LogP contribution in [0.25, 0.3) is 0 Å². The molecule has 1 aliphatic rings. The molecule has 0 saturated carbocycles. The summed E-state index contributed by atoms with van der Waals surface area (Å²) in [5, 5.41) is 0. The highest BCUT2D eigenvalue weighted by Gasteiger charge is 2.08. The van der Waals surface area contributed by atoms with E-state index in [1.54, 1.807) is 0 Å². The Hall–Kier alpha value is -0.380. The molecule has 3 heteroatoms. The van der Waals surface area contributed by atoms with Crippen LogP contribution in [-0.4, -0.2) is 32.2 Å². The maximum atomic E-state index is 5.56. The number of hydrogen-bond donors (Lipinski definition) is 0. The summed E-state index contributed by atoms with van der Waals surface area (Å²) in [6.07, 6.45) is 4.27. The van der Waals surface area contributed by atoms with E-state index in [9.17, 15) is 0 Å². The fourth-order valence-corrected chi connectivity index (χ4v) is 1.04. The summed E-state index contributed by atoms with van der Waals surface area (Å²) < 4.78 is 15.8. The molecular formula is C9H16O3. The van der Waals surface area contributed by atoms with E-state index in [4.69, 9.17) is 14.2 Å². The summed E-state index contributed by atoms with van der Waals surface area (Å²) in [7, 11) is 0. The SMILES string of the molecule is CC(C)OC1/C=C/COCOC1. The van der Waals surface area contributed by atoms with Gasteiger partial charge in [0, 0.05) is 0 Å². The predicted octanol–water partition coefficient (Wildman–Crippen LogP) is 1.34. The lowest BCUT2D eigenvalue weighted by atomic mass is 10.3. The fraction of sp³-hybridized carbons (Fsp3) is 0.778. The van der Waals surface area contributed by atoms with Crippen LogP contribution in [0.4, 0.5) is 0 Å². The normalized spacial score (nSPS) is 28.1. The van der Waals surface area contributed by atoms with Crippen molar-refractivity contribution in [3.05, 3.63) is 12.2 Å². The topological polar surface area (TPSA) is 27.7 Å². The van der Waals surface area contributed by atoms with Crippen molar-refractivity contribution < 1.29 is 14.2 Å². The molecule has 1 atom stereocenters. The van der Waals surface area contributed by atoms with Crippen molar-refractivity contribution >= 4 is 0 Å². The third kappa shape index (κ3) is 3.85. The molecule has 0 spiro atoms. The first-order valence-corrected chi connectivity index (χ1v) is 4.26. The Morgan fingerprint density at radius 3 is 3.00 bits per heavy atom. The highest BCUT2D eigenvalue weighted by molar-refractivity contribution is 4.90. The number of ether oxygens (including phenoxy) is 3. The summed E-state index contributed by atoms with van der Waals surface area (Å²) in [5.74, 6) is 0. The standard InChI is InChI=1S/C9H16O3/c1-8(2)12-9-4-3-5-10-7-11-6-9/h3-4,8-9H,5-7H2,1-2H3/b4-3+. The molecule has 0 aromatic rings. The predicted molar refractivity (Wildman–Crippen MR) is 45.9 cm³/mol. The lowest BCUT2D eigenvalue weighted by molar-refractivity contribution is -0.0904. The maximum Gasteiger partial charge on any atom is 0.147 e. The van der Waals surface area contributed by atoms with Crippen LogP contribution in [0.15, 0.2) is 12.2 Å². The van der Waals surface area contributed by atoms with Crippen molar-refractivity contribution in [2.45, 2.75) is 26.1 Å². The molecule has 1 aliphatic heterocycles. The molecule has 0 fully saturated rings. The van der Waals surface area contributed by atoms with Crippen LogP contribution in [0.3, 0.4) is 0 Å². The van der Waals surface area contributed by atoms with Gasteiger partial charge in [-0.15, -0.1) is 0 Å². The third-order valence-corrected chi connectivity index (χ3v) is 1.46. The van der Waals surface area contributed by atoms with Gasteiger partial charge in [-0.3, -0.25) is 0 Å². The minimum atomic E-state index is 0.0777. The lowest BCUT2D eigenvalue weighted by Gasteiger charge is -2.18. The van der Waals surface area contributed by atoms with Crippen molar-refractivity contribution in [1.82, 2.24) is 0 Å². The average molecular weight is 172 g/mol. The first-order chi connectivity index (χ1) is 5.79. The van der Waals surface area contributed by atoms with Gasteiger partial charge in [0.1, 0.15) is 6.79 Å². The van der Waals surface area contributed by atoms with E-state index < -0.39 is 0 Å². The zero-order chi connectivity index (χ0) is 8.81. The Morgan fingerprint density at radius 1 is 1.42 bits per heavy atom. The van der Waals surface area contributed by atoms with Crippen LogP contribution >= 0.6 is 0 Å². The second-order valence-corrected chi connectivity index (χ2v) is 3.01. The first kappa shape index (κ1) is 9.71. The van der Waals surface area contributed by atoms with Crippen molar-refractivity contribution in [3.8, 4) is 0 Å². The maximum absolute atomic E-state index is 5.56. The molecule has 0 aromatic carbocycles. The molecule has 0 bridgehead atoms. The van der Waals surface area contributed by atoms with Crippen LogP contribution in [0.2, 0.25) is 0 Å². The molecular weight excluding hydrogens is 156 g/mol. The summed E-state index contributed by atoms with van der Waals surface area (Å²) in [6.45, 7) is 5.58. The highest BCUT2D eigenvalue weighted by atomic mass is 16.7. The van der Waals surface area contributed by atoms with E-state index in [-0.39, 0.29) is 12.2 Å². The molecule has 0 saturated heterocycles. The smallest absolute Gasteiger partial charge is 0.147 e. The van der Waals surface area contributed by atoms with Gasteiger partial charge in [-0.25, -0.2) is 0 Å². The third-order valence-electron chi connectivity index (χ3n) is 1.46. The molecule has 0 N–H and O–H groups in total. The molecule has 0 aromatic heterocycles. The van der Waals surface area contributed by atoms with E-state index >= 15 is 0 Å². The number of hydrogen-bond acceptors (Lipinski definition) is 3. The van der Waals surface area contributed by atoms with E-state index in [2.05, 4.69) is 0 Å². The molecule has 12 heavy (non-hydrogen) atoms. The van der Waals surface area contributed by atoms with Gasteiger partial charge in [0.15, 0.2) is 0 Å². The van der Waals surface area contributed by atoms with Crippen LogP contribution in [0.1, 0.15) is 13.8 Å². The minimum absolute atomic E-state index is 0.0777. The summed E-state index contributed by atoms with van der Waals surface area (Å²) in [4.78, 5) is 0. The van der Waals surface area contributed by atoms with Crippen molar-refractivity contribution in [2.24, 2.45) is 0 Å². The molecule has 1 heterocycles. The quantitative estimate of drug-likeness (QED) is 0.588. The van der Waals surface area contributed by atoms with Gasteiger partial charge in [-0.2, -0.15) is 0 Å². The lowest BCUT2D eigenvalue weighted by Crippen LogP contribution is -2.23. The Labute approximate surface area is 73.3 Å². The van der Waals surface area contributed by atoms with Crippen LogP contribution in [-0.2, 0) is 14.2 Å². The minimum Gasteiger partial charge on any atom is -0.369 e. The molecule has 0 amide bonds. The van der Waals surface area contributed by atoms with Crippen LogP contribution < -0.4 is 0 Å². The first-order valence-electron chi connectivity index (χ1n) is 4.26. The fourth-order valence-electron chi connectivity index (χ4n) is 1.04. The molecule has 70 valence electrons. The Balaban J connectivity index is 2.33. The summed E-state index contributed by atoms with van der Waals surface area (Å²) in [6, 6.07) is 0. The molecule has 1 rings (SSSR count). The zero-order valence-electron chi connectivity index (χ0n) is 7.66. The van der Waals surface area contributed by atoms with Gasteiger partial charge in [0.2, 0.25) is 0 Å². The van der Waals surface area contributed by atoms with Crippen molar-refractivity contribution in [1.29, 1.82) is 0 Å². The van der Waals surface area contributed by atoms with Crippen LogP contribution in [0.5, 0.6) is 0 Å². The Kier molecular flexibility index (Phi) is 4.29. The van der Waals surface area contributed by atoms with Crippen LogP contribution in [0, 0.1) is 0 Å². The van der Waals surface area contributed by atoms with Gasteiger partial charge < -0.3 is 14.2 Å². The molecule has 0 aliphatic carbocycles. The molecule has 1 unspecified atom stereocenters. The van der Waals surface area contributed by atoms with E-state index in [1.807, 2.05) is 26.0 Å². The second-order valence-electron chi connectivity index (χ2n) is 3.01. The molecule has 3 nitrogen and oxygen atoms in total. The number of rotatable bonds is 2.